The molecule has 0 amide bonds. The van der Waals surface area contributed by atoms with Crippen LogP contribution in [0.1, 0.15) is 0 Å². The first-order valence-corrected chi connectivity index (χ1v) is 8.43. The fraction of sp³-hybridized carbons (Fsp3) is 0.312. The molecule has 0 radical (unpaired) electrons. The number of hydrogen-bond donors (Lipinski definition) is 1. The molecule has 2 aromatic heterocycles. The first-order valence-electron chi connectivity index (χ1n) is 7.55. The highest BCUT2D eigenvalue weighted by Crippen LogP contribution is 2.40. The molecule has 1 N–H and O–H groups in total. The van der Waals surface area contributed by atoms with Gasteiger partial charge in [-0.05, 0) is 18.2 Å². The molecule has 7 heteroatoms. The number of anilines is 3. The van der Waals surface area contributed by atoms with Gasteiger partial charge in [-0.25, -0.2) is 15.0 Å². The molecule has 2 aliphatic rings. The van der Waals surface area contributed by atoms with Crippen molar-refractivity contribution in [1.29, 1.82) is 0 Å². The SMILES string of the molecule is c1cc(Nc2ncnc3scnc23)cc(N2CC3(COC3)C2)c1. The molecule has 5 rings (SSSR count). The lowest BCUT2D eigenvalue weighted by Crippen LogP contribution is -2.66. The smallest absolute Gasteiger partial charge is 0.161 e. The predicted molar refractivity (Wildman–Crippen MR) is 90.4 cm³/mol. The Balaban J connectivity index is 1.39. The van der Waals surface area contributed by atoms with E-state index in [-0.39, 0.29) is 0 Å². The van der Waals surface area contributed by atoms with Crippen molar-refractivity contribution in [2.75, 3.05) is 36.5 Å². The molecule has 0 aliphatic carbocycles. The van der Waals surface area contributed by atoms with Crippen molar-refractivity contribution in [1.82, 2.24) is 15.0 Å². The van der Waals surface area contributed by atoms with Crippen LogP contribution in [0.5, 0.6) is 0 Å². The number of nitrogens with zero attached hydrogens (tertiary/aromatic N) is 4. The molecule has 0 atom stereocenters. The van der Waals surface area contributed by atoms with Crippen LogP contribution >= 0.6 is 11.3 Å². The minimum Gasteiger partial charge on any atom is -0.380 e. The summed E-state index contributed by atoms with van der Waals surface area (Å²) < 4.78 is 5.34. The van der Waals surface area contributed by atoms with Crippen molar-refractivity contribution in [3.8, 4) is 0 Å². The molecule has 0 bridgehead atoms. The van der Waals surface area contributed by atoms with Crippen LogP contribution in [0.4, 0.5) is 17.2 Å². The molecule has 1 spiro atoms. The molecule has 1 aromatic carbocycles. The van der Waals surface area contributed by atoms with Crippen molar-refractivity contribution in [2.24, 2.45) is 5.41 Å². The van der Waals surface area contributed by atoms with Gasteiger partial charge in [-0.15, -0.1) is 11.3 Å². The van der Waals surface area contributed by atoms with E-state index in [1.165, 1.54) is 17.0 Å². The lowest BCUT2D eigenvalue weighted by Gasteiger charge is -2.56. The summed E-state index contributed by atoms with van der Waals surface area (Å²) in [6, 6.07) is 8.42. The third-order valence-corrected chi connectivity index (χ3v) is 5.21. The number of rotatable bonds is 3. The number of nitrogens with one attached hydrogen (secondary N) is 1. The van der Waals surface area contributed by atoms with Gasteiger partial charge in [-0.1, -0.05) is 6.07 Å². The molecule has 6 nitrogen and oxygen atoms in total. The van der Waals surface area contributed by atoms with Gasteiger partial charge in [-0.2, -0.15) is 0 Å². The molecular formula is C16H15N5OS. The lowest BCUT2D eigenvalue weighted by molar-refractivity contribution is -0.127. The van der Waals surface area contributed by atoms with E-state index in [1.54, 1.807) is 11.8 Å². The summed E-state index contributed by atoms with van der Waals surface area (Å²) in [7, 11) is 0. The Morgan fingerprint density at radius 1 is 1.17 bits per heavy atom. The summed E-state index contributed by atoms with van der Waals surface area (Å²) in [6.07, 6.45) is 1.57. The number of ether oxygens (including phenoxy) is 1. The van der Waals surface area contributed by atoms with E-state index in [4.69, 9.17) is 4.74 Å². The maximum Gasteiger partial charge on any atom is 0.161 e. The topological polar surface area (TPSA) is 63.2 Å². The van der Waals surface area contributed by atoms with E-state index in [0.29, 0.717) is 5.41 Å². The Morgan fingerprint density at radius 2 is 2.09 bits per heavy atom. The quantitative estimate of drug-likeness (QED) is 0.799. The van der Waals surface area contributed by atoms with Crippen LogP contribution < -0.4 is 10.2 Å². The van der Waals surface area contributed by atoms with Crippen LogP contribution in [-0.4, -0.2) is 41.3 Å². The summed E-state index contributed by atoms with van der Waals surface area (Å²) >= 11 is 1.52. The zero-order valence-corrected chi connectivity index (χ0v) is 13.2. The number of thiazole rings is 1. The summed E-state index contributed by atoms with van der Waals surface area (Å²) in [6.45, 7) is 3.98. The summed E-state index contributed by atoms with van der Waals surface area (Å²) in [5.74, 6) is 0.751. The zero-order chi connectivity index (χ0) is 15.3. The van der Waals surface area contributed by atoms with Crippen molar-refractivity contribution in [3.05, 3.63) is 36.1 Å². The molecule has 3 aromatic rings. The zero-order valence-electron chi connectivity index (χ0n) is 12.4. The van der Waals surface area contributed by atoms with Gasteiger partial charge in [0.15, 0.2) is 5.82 Å². The molecule has 4 heterocycles. The Morgan fingerprint density at radius 3 is 2.91 bits per heavy atom. The van der Waals surface area contributed by atoms with Crippen LogP contribution in [0.25, 0.3) is 10.3 Å². The van der Waals surface area contributed by atoms with E-state index >= 15 is 0 Å². The van der Waals surface area contributed by atoms with Gasteiger partial charge in [-0.3, -0.25) is 0 Å². The summed E-state index contributed by atoms with van der Waals surface area (Å²) in [5, 5.41) is 3.37. The minimum atomic E-state index is 0.419. The van der Waals surface area contributed by atoms with E-state index in [2.05, 4.69) is 43.4 Å². The van der Waals surface area contributed by atoms with Crippen LogP contribution in [0.3, 0.4) is 0 Å². The van der Waals surface area contributed by atoms with Crippen molar-refractivity contribution < 1.29 is 4.74 Å². The monoisotopic (exact) mass is 325 g/mol. The predicted octanol–water partition coefficient (Wildman–Crippen LogP) is 2.67. The highest BCUT2D eigenvalue weighted by Gasteiger charge is 2.49. The summed E-state index contributed by atoms with van der Waals surface area (Å²) in [4.78, 5) is 16.2. The van der Waals surface area contributed by atoms with Crippen molar-refractivity contribution >= 4 is 38.9 Å². The molecule has 2 aliphatic heterocycles. The summed E-state index contributed by atoms with van der Waals surface area (Å²) in [5.41, 5.74) is 5.28. The Bertz CT molecular complexity index is 868. The fourth-order valence-electron chi connectivity index (χ4n) is 3.22. The molecule has 23 heavy (non-hydrogen) atoms. The molecular weight excluding hydrogens is 310 g/mol. The van der Waals surface area contributed by atoms with Gasteiger partial charge in [0.25, 0.3) is 0 Å². The van der Waals surface area contributed by atoms with Gasteiger partial charge in [0.2, 0.25) is 0 Å². The first kappa shape index (κ1) is 13.2. The molecule has 116 valence electrons. The largest absolute Gasteiger partial charge is 0.380 e. The maximum atomic E-state index is 5.34. The highest BCUT2D eigenvalue weighted by atomic mass is 32.1. The second-order valence-electron chi connectivity index (χ2n) is 6.25. The Hall–Kier alpha value is -2.25. The number of aromatic nitrogens is 3. The number of benzene rings is 1. The highest BCUT2D eigenvalue weighted by molar-refractivity contribution is 7.16. The first-order chi connectivity index (χ1) is 11.3. The molecule has 2 saturated heterocycles. The van der Waals surface area contributed by atoms with Gasteiger partial charge in [0.05, 0.1) is 24.1 Å². The Labute approximate surface area is 137 Å². The van der Waals surface area contributed by atoms with Crippen LogP contribution in [0.15, 0.2) is 36.1 Å². The third kappa shape index (κ3) is 2.15. The second-order valence-corrected chi connectivity index (χ2v) is 7.09. The van der Waals surface area contributed by atoms with Gasteiger partial charge in [0.1, 0.15) is 16.7 Å². The molecule has 0 unspecified atom stereocenters. The molecule has 0 saturated carbocycles. The van der Waals surface area contributed by atoms with E-state index in [1.807, 2.05) is 6.07 Å². The van der Waals surface area contributed by atoms with Crippen LogP contribution in [-0.2, 0) is 4.74 Å². The van der Waals surface area contributed by atoms with Crippen molar-refractivity contribution in [3.63, 3.8) is 0 Å². The minimum absolute atomic E-state index is 0.419. The number of fused-ring (bicyclic) bond motifs is 1. The van der Waals surface area contributed by atoms with Gasteiger partial charge < -0.3 is 15.0 Å². The van der Waals surface area contributed by atoms with Crippen LogP contribution in [0.2, 0.25) is 0 Å². The lowest BCUT2D eigenvalue weighted by atomic mass is 9.78. The third-order valence-electron chi connectivity index (χ3n) is 4.48. The maximum absolute atomic E-state index is 5.34. The van der Waals surface area contributed by atoms with E-state index < -0.39 is 0 Å². The van der Waals surface area contributed by atoms with E-state index in [9.17, 15) is 0 Å². The molecule has 2 fully saturated rings. The van der Waals surface area contributed by atoms with Gasteiger partial charge >= 0.3 is 0 Å². The standard InChI is InChI=1S/C16H15N5OS/c1-2-11(20-14-13-15(18-9-17-14)23-10-19-13)4-12(3-1)21-5-16(6-21)7-22-8-16/h1-4,9-10H,5-8H2,(H,17,18,20). The normalized spacial score (nSPS) is 18.7. The van der Waals surface area contributed by atoms with E-state index in [0.717, 1.165) is 48.2 Å². The van der Waals surface area contributed by atoms with Crippen molar-refractivity contribution in [2.45, 2.75) is 0 Å². The second kappa shape index (κ2) is 4.87. The Kier molecular flexibility index (Phi) is 2.80. The van der Waals surface area contributed by atoms with Gasteiger partial charge in [0, 0.05) is 24.5 Å². The van der Waals surface area contributed by atoms with Crippen LogP contribution in [0, 0.1) is 5.41 Å². The average molecular weight is 325 g/mol. The number of hydrogen-bond acceptors (Lipinski definition) is 7. The fourth-order valence-corrected chi connectivity index (χ4v) is 3.85. The average Bonchev–Trinajstić information content (AvgIpc) is 2.94.